The van der Waals surface area contributed by atoms with Crippen molar-refractivity contribution in [1.29, 1.82) is 0 Å². The monoisotopic (exact) mass is 230 g/mol. The quantitative estimate of drug-likeness (QED) is 0.633. The number of nitrogens with one attached hydrogen (secondary N) is 1. The predicted octanol–water partition coefficient (Wildman–Crippen LogP) is 1.71. The summed E-state index contributed by atoms with van der Waals surface area (Å²) in [4.78, 5) is 2.43. The number of hydrogen-bond acceptors (Lipinski definition) is 3. The number of likely N-dealkylation sites (N-methyl/N-ethyl adjacent to an activating group) is 2. The Hall–Kier alpha value is -0.120. The van der Waals surface area contributed by atoms with Crippen LogP contribution in [-0.2, 0) is 0 Å². The minimum Gasteiger partial charge on any atom is -0.394 e. The average Bonchev–Trinajstić information content (AvgIpc) is 2.34. The minimum absolute atomic E-state index is 0.179. The second-order valence-corrected chi connectivity index (χ2v) is 4.98. The van der Waals surface area contributed by atoms with E-state index in [9.17, 15) is 5.11 Å². The Kier molecular flexibility index (Phi) is 7.98. The normalized spacial score (nSPS) is 15.8. The molecule has 0 radical (unpaired) electrons. The van der Waals surface area contributed by atoms with E-state index in [4.69, 9.17) is 0 Å². The first kappa shape index (κ1) is 15.9. The first-order valence-electron chi connectivity index (χ1n) is 6.57. The number of nitrogens with zero attached hydrogens (tertiary/aromatic N) is 1. The molecule has 0 saturated heterocycles. The van der Waals surface area contributed by atoms with Gasteiger partial charge in [0.1, 0.15) is 0 Å². The molecule has 0 saturated carbocycles. The van der Waals surface area contributed by atoms with Gasteiger partial charge in [-0.1, -0.05) is 33.6 Å². The van der Waals surface area contributed by atoms with Gasteiger partial charge in [-0.15, -0.1) is 0 Å². The summed E-state index contributed by atoms with van der Waals surface area (Å²) in [5.41, 5.74) is -0.179. The summed E-state index contributed by atoms with van der Waals surface area (Å²) >= 11 is 0. The molecular formula is C13H30N2O. The van der Waals surface area contributed by atoms with E-state index < -0.39 is 0 Å². The minimum atomic E-state index is -0.179. The lowest BCUT2D eigenvalue weighted by atomic mass is 9.99. The lowest BCUT2D eigenvalue weighted by molar-refractivity contribution is 0.117. The zero-order valence-electron chi connectivity index (χ0n) is 11.7. The molecule has 98 valence electrons. The topological polar surface area (TPSA) is 35.5 Å². The van der Waals surface area contributed by atoms with Crippen LogP contribution in [0.2, 0.25) is 0 Å². The fourth-order valence-corrected chi connectivity index (χ4v) is 1.92. The molecule has 0 heterocycles. The highest BCUT2D eigenvalue weighted by atomic mass is 16.3. The molecule has 0 spiro atoms. The van der Waals surface area contributed by atoms with Gasteiger partial charge in [-0.2, -0.15) is 0 Å². The van der Waals surface area contributed by atoms with Gasteiger partial charge >= 0.3 is 0 Å². The fraction of sp³-hybridized carbons (Fsp3) is 1.00. The van der Waals surface area contributed by atoms with Gasteiger partial charge in [0.15, 0.2) is 0 Å². The molecule has 0 bridgehead atoms. The van der Waals surface area contributed by atoms with Crippen molar-refractivity contribution in [3.05, 3.63) is 0 Å². The lowest BCUT2D eigenvalue weighted by Gasteiger charge is -2.35. The number of hydrogen-bond donors (Lipinski definition) is 2. The number of aliphatic hydroxyl groups is 1. The van der Waals surface area contributed by atoms with Gasteiger partial charge in [-0.25, -0.2) is 0 Å². The smallest absolute Gasteiger partial charge is 0.0623 e. The van der Waals surface area contributed by atoms with Crippen LogP contribution in [-0.4, -0.2) is 48.8 Å². The summed E-state index contributed by atoms with van der Waals surface area (Å²) in [6, 6.07) is 0. The molecule has 1 atom stereocenters. The third-order valence-electron chi connectivity index (χ3n) is 3.64. The molecule has 2 N–H and O–H groups in total. The van der Waals surface area contributed by atoms with Crippen molar-refractivity contribution >= 4 is 0 Å². The van der Waals surface area contributed by atoms with Crippen molar-refractivity contribution in [3.8, 4) is 0 Å². The Bertz CT molecular complexity index is 165. The third kappa shape index (κ3) is 5.28. The first-order valence-corrected chi connectivity index (χ1v) is 6.57. The van der Waals surface area contributed by atoms with Crippen LogP contribution in [0.25, 0.3) is 0 Å². The predicted molar refractivity (Wildman–Crippen MR) is 70.7 cm³/mol. The van der Waals surface area contributed by atoms with Gasteiger partial charge < -0.3 is 15.3 Å². The van der Waals surface area contributed by atoms with E-state index in [1.807, 2.05) is 7.05 Å². The van der Waals surface area contributed by atoms with Gasteiger partial charge in [0.05, 0.1) is 12.1 Å². The SMILES string of the molecule is CCC(CC)CN(CC)CC(C)(CO)NC. The van der Waals surface area contributed by atoms with Gasteiger partial charge in [-0.3, -0.25) is 0 Å². The van der Waals surface area contributed by atoms with Crippen molar-refractivity contribution in [2.45, 2.75) is 46.1 Å². The van der Waals surface area contributed by atoms with Crippen LogP contribution < -0.4 is 5.32 Å². The van der Waals surface area contributed by atoms with E-state index in [1.165, 1.54) is 12.8 Å². The average molecular weight is 230 g/mol. The standard InChI is InChI=1S/C13H30N2O/c1-6-12(7-2)9-15(8-3)10-13(4,11-16)14-5/h12,14,16H,6-11H2,1-5H3. The summed E-state index contributed by atoms with van der Waals surface area (Å²) < 4.78 is 0. The van der Waals surface area contributed by atoms with E-state index in [1.54, 1.807) is 0 Å². The van der Waals surface area contributed by atoms with Gasteiger partial charge in [0.2, 0.25) is 0 Å². The summed E-state index contributed by atoms with van der Waals surface area (Å²) in [6.45, 7) is 12.1. The maximum absolute atomic E-state index is 9.39. The summed E-state index contributed by atoms with van der Waals surface area (Å²) in [5.74, 6) is 0.778. The zero-order valence-corrected chi connectivity index (χ0v) is 11.7. The van der Waals surface area contributed by atoms with Crippen LogP contribution in [0.15, 0.2) is 0 Å². The lowest BCUT2D eigenvalue weighted by Crippen LogP contribution is -2.53. The summed E-state index contributed by atoms with van der Waals surface area (Å²) in [7, 11) is 1.92. The molecule has 0 aromatic rings. The van der Waals surface area contributed by atoms with Crippen molar-refractivity contribution in [2.75, 3.05) is 33.3 Å². The Morgan fingerprint density at radius 2 is 1.81 bits per heavy atom. The van der Waals surface area contributed by atoms with Crippen LogP contribution in [0.4, 0.5) is 0 Å². The van der Waals surface area contributed by atoms with E-state index >= 15 is 0 Å². The Labute approximate surface area is 101 Å². The first-order chi connectivity index (χ1) is 7.55. The molecule has 0 aliphatic carbocycles. The second-order valence-electron chi connectivity index (χ2n) is 4.98. The molecule has 0 amide bonds. The fourth-order valence-electron chi connectivity index (χ4n) is 1.92. The zero-order chi connectivity index (χ0) is 12.6. The van der Waals surface area contributed by atoms with Crippen LogP contribution in [0.5, 0.6) is 0 Å². The second kappa shape index (κ2) is 8.04. The molecule has 3 heteroatoms. The molecular weight excluding hydrogens is 200 g/mol. The van der Waals surface area contributed by atoms with Gasteiger partial charge in [-0.05, 0) is 26.4 Å². The highest BCUT2D eigenvalue weighted by Gasteiger charge is 2.24. The van der Waals surface area contributed by atoms with Crippen molar-refractivity contribution in [1.82, 2.24) is 10.2 Å². The third-order valence-corrected chi connectivity index (χ3v) is 3.64. The van der Waals surface area contributed by atoms with E-state index in [2.05, 4.69) is 37.9 Å². The molecule has 1 unspecified atom stereocenters. The molecule has 0 aliphatic heterocycles. The van der Waals surface area contributed by atoms with Crippen molar-refractivity contribution in [2.24, 2.45) is 5.92 Å². The highest BCUT2D eigenvalue weighted by Crippen LogP contribution is 2.12. The van der Waals surface area contributed by atoms with Gasteiger partial charge in [0, 0.05) is 13.1 Å². The Morgan fingerprint density at radius 3 is 2.12 bits per heavy atom. The molecule has 3 nitrogen and oxygen atoms in total. The van der Waals surface area contributed by atoms with Crippen LogP contribution in [0.1, 0.15) is 40.5 Å². The van der Waals surface area contributed by atoms with Crippen molar-refractivity contribution < 1.29 is 5.11 Å². The number of aliphatic hydroxyl groups excluding tert-OH is 1. The van der Waals surface area contributed by atoms with Crippen LogP contribution >= 0.6 is 0 Å². The van der Waals surface area contributed by atoms with Gasteiger partial charge in [0.25, 0.3) is 0 Å². The molecule has 0 aromatic heterocycles. The van der Waals surface area contributed by atoms with E-state index in [-0.39, 0.29) is 12.1 Å². The largest absolute Gasteiger partial charge is 0.394 e. The molecule has 0 aliphatic rings. The maximum atomic E-state index is 9.39. The summed E-state index contributed by atoms with van der Waals surface area (Å²) in [6.07, 6.45) is 2.48. The number of rotatable bonds is 9. The van der Waals surface area contributed by atoms with Crippen LogP contribution in [0.3, 0.4) is 0 Å². The Balaban J connectivity index is 4.28. The molecule has 0 aromatic carbocycles. The van der Waals surface area contributed by atoms with Crippen LogP contribution in [0, 0.1) is 5.92 Å². The molecule has 16 heavy (non-hydrogen) atoms. The molecule has 0 rings (SSSR count). The van der Waals surface area contributed by atoms with Crippen molar-refractivity contribution in [3.63, 3.8) is 0 Å². The van der Waals surface area contributed by atoms with E-state index in [0.29, 0.717) is 0 Å². The maximum Gasteiger partial charge on any atom is 0.0623 e. The highest BCUT2D eigenvalue weighted by molar-refractivity contribution is 4.84. The Morgan fingerprint density at radius 1 is 1.25 bits per heavy atom. The summed E-state index contributed by atoms with van der Waals surface area (Å²) in [5, 5.41) is 12.6. The molecule has 0 fully saturated rings. The van der Waals surface area contributed by atoms with E-state index in [0.717, 1.165) is 25.6 Å².